The van der Waals surface area contributed by atoms with E-state index in [1.54, 1.807) is 20.3 Å². The summed E-state index contributed by atoms with van der Waals surface area (Å²) < 4.78 is 21.5. The lowest BCUT2D eigenvalue weighted by molar-refractivity contribution is -0.136. The largest absolute Gasteiger partial charge is 0.497 e. The lowest BCUT2D eigenvalue weighted by atomic mass is 9.92. The number of thioether (sulfide) groups is 1. The van der Waals surface area contributed by atoms with Gasteiger partial charge in [0.05, 0.1) is 58.3 Å². The van der Waals surface area contributed by atoms with Crippen molar-refractivity contribution in [3.05, 3.63) is 46.1 Å². The third-order valence-electron chi connectivity index (χ3n) is 6.01. The van der Waals surface area contributed by atoms with Gasteiger partial charge in [0.1, 0.15) is 11.5 Å². The number of amidine groups is 1. The van der Waals surface area contributed by atoms with E-state index in [1.165, 1.54) is 18.9 Å². The van der Waals surface area contributed by atoms with E-state index < -0.39 is 12.0 Å². The summed E-state index contributed by atoms with van der Waals surface area (Å²) in [5.41, 5.74) is 2.66. The number of allylic oxidation sites excluding steroid dienone is 1. The Bertz CT molecular complexity index is 1040. The van der Waals surface area contributed by atoms with Gasteiger partial charge in [-0.25, -0.2) is 9.79 Å². The average molecular weight is 488 g/mol. The van der Waals surface area contributed by atoms with Crippen LogP contribution in [0.1, 0.15) is 31.4 Å². The highest BCUT2D eigenvalue weighted by Crippen LogP contribution is 2.46. The van der Waals surface area contributed by atoms with Crippen molar-refractivity contribution in [1.29, 1.82) is 0 Å². The Morgan fingerprint density at radius 3 is 2.38 bits per heavy atom. The number of rotatable bonds is 7. The Balaban J connectivity index is 1.77. The average Bonchev–Trinajstić information content (AvgIpc) is 3.29. The number of carbonyl (C=O) groups is 2. The summed E-state index contributed by atoms with van der Waals surface area (Å²) in [6.45, 7) is 4.18. The minimum absolute atomic E-state index is 0.0169. The zero-order chi connectivity index (χ0) is 24.2. The highest BCUT2D eigenvalue weighted by Gasteiger charge is 2.42. The molecule has 10 heteroatoms. The van der Waals surface area contributed by atoms with E-state index >= 15 is 0 Å². The smallest absolute Gasteiger partial charge is 0.338 e. The first-order chi connectivity index (χ1) is 16.5. The minimum Gasteiger partial charge on any atom is -0.497 e. The predicted molar refractivity (Wildman–Crippen MR) is 129 cm³/mol. The zero-order valence-corrected chi connectivity index (χ0v) is 20.6. The van der Waals surface area contributed by atoms with Gasteiger partial charge in [0, 0.05) is 24.9 Å². The van der Waals surface area contributed by atoms with Gasteiger partial charge in [-0.3, -0.25) is 4.79 Å². The first kappa shape index (κ1) is 24.2. The first-order valence-electron chi connectivity index (χ1n) is 11.1. The van der Waals surface area contributed by atoms with E-state index in [9.17, 15) is 9.59 Å². The van der Waals surface area contributed by atoms with Crippen LogP contribution in [-0.4, -0.2) is 74.5 Å². The molecule has 1 fully saturated rings. The molecule has 0 aliphatic carbocycles. The molecule has 9 nitrogen and oxygen atoms in total. The zero-order valence-electron chi connectivity index (χ0n) is 19.8. The number of amides is 1. The molecular weight excluding hydrogens is 458 g/mol. The van der Waals surface area contributed by atoms with Gasteiger partial charge >= 0.3 is 5.97 Å². The molecule has 0 bridgehead atoms. The van der Waals surface area contributed by atoms with Crippen molar-refractivity contribution in [2.75, 3.05) is 47.6 Å². The van der Waals surface area contributed by atoms with E-state index in [2.05, 4.69) is 0 Å². The molecule has 1 saturated heterocycles. The maximum absolute atomic E-state index is 13.1. The molecule has 0 N–H and O–H groups in total. The number of carbonyl (C=O) groups excluding carboxylic acids is 2. The molecule has 34 heavy (non-hydrogen) atoms. The number of hydrogen-bond donors (Lipinski definition) is 0. The van der Waals surface area contributed by atoms with Gasteiger partial charge in [-0.15, -0.1) is 0 Å². The molecule has 1 aromatic carbocycles. The fourth-order valence-electron chi connectivity index (χ4n) is 4.29. The molecule has 0 saturated carbocycles. The Hall–Kier alpha value is -2.98. The second kappa shape index (κ2) is 10.5. The number of fused-ring (bicyclic) bond motifs is 1. The Kier molecular flexibility index (Phi) is 7.47. The lowest BCUT2D eigenvalue weighted by Crippen LogP contribution is -2.42. The number of esters is 1. The number of ether oxygens (including phenoxy) is 4. The van der Waals surface area contributed by atoms with Crippen molar-refractivity contribution in [3.8, 4) is 11.5 Å². The fraction of sp³-hybridized carbons (Fsp3) is 0.458. The molecule has 3 aliphatic heterocycles. The van der Waals surface area contributed by atoms with Crippen LogP contribution in [0.25, 0.3) is 0 Å². The third kappa shape index (κ3) is 4.65. The van der Waals surface area contributed by atoms with Crippen LogP contribution in [0.5, 0.6) is 11.5 Å². The van der Waals surface area contributed by atoms with Gasteiger partial charge in [0.2, 0.25) is 5.91 Å². The highest BCUT2D eigenvalue weighted by atomic mass is 32.2. The van der Waals surface area contributed by atoms with Crippen molar-refractivity contribution in [3.63, 3.8) is 0 Å². The summed E-state index contributed by atoms with van der Waals surface area (Å²) in [6, 6.07) is 4.98. The molecule has 1 atom stereocenters. The van der Waals surface area contributed by atoms with Gasteiger partial charge in [-0.05, 0) is 29.5 Å². The molecule has 3 heterocycles. The molecular formula is C24H29N3O6S. The summed E-state index contributed by atoms with van der Waals surface area (Å²) in [4.78, 5) is 34.7. The summed E-state index contributed by atoms with van der Waals surface area (Å²) >= 11 is 1.45. The molecule has 4 rings (SSSR count). The van der Waals surface area contributed by atoms with Crippen LogP contribution in [0.2, 0.25) is 0 Å². The van der Waals surface area contributed by atoms with Gasteiger partial charge < -0.3 is 28.7 Å². The third-order valence-corrected chi connectivity index (χ3v) is 6.90. The van der Waals surface area contributed by atoms with E-state index in [0.29, 0.717) is 55.5 Å². The number of methoxy groups -OCH3 is 3. The number of hydrogen-bond acceptors (Lipinski definition) is 9. The molecule has 1 amide bonds. The summed E-state index contributed by atoms with van der Waals surface area (Å²) in [6.07, 6.45) is 0.752. The van der Waals surface area contributed by atoms with Crippen LogP contribution in [0.4, 0.5) is 0 Å². The van der Waals surface area contributed by atoms with Gasteiger partial charge in [0.15, 0.2) is 5.17 Å². The van der Waals surface area contributed by atoms with Gasteiger partial charge in [-0.1, -0.05) is 18.7 Å². The van der Waals surface area contributed by atoms with Crippen LogP contribution in [0.3, 0.4) is 0 Å². The second-order valence-electron chi connectivity index (χ2n) is 7.92. The van der Waals surface area contributed by atoms with Crippen molar-refractivity contribution in [2.24, 2.45) is 4.99 Å². The number of morpholine rings is 1. The van der Waals surface area contributed by atoms with E-state index in [-0.39, 0.29) is 12.3 Å². The molecule has 0 aromatic heterocycles. The minimum atomic E-state index is -0.544. The van der Waals surface area contributed by atoms with Crippen molar-refractivity contribution < 1.29 is 28.5 Å². The first-order valence-corrected chi connectivity index (χ1v) is 12.0. The molecule has 182 valence electrons. The van der Waals surface area contributed by atoms with E-state index in [4.69, 9.17) is 23.9 Å². The maximum atomic E-state index is 13.1. The summed E-state index contributed by atoms with van der Waals surface area (Å²) in [5, 5.41) is 2.66. The number of nitrogens with zero attached hydrogens (tertiary/aromatic N) is 3. The van der Waals surface area contributed by atoms with Crippen LogP contribution >= 0.6 is 11.8 Å². The molecule has 1 aromatic rings. The topological polar surface area (TPSA) is 89.9 Å². The molecule has 0 spiro atoms. The number of benzene rings is 1. The van der Waals surface area contributed by atoms with Crippen molar-refractivity contribution in [1.82, 2.24) is 9.80 Å². The summed E-state index contributed by atoms with van der Waals surface area (Å²) in [5.74, 6) is 0.760. The predicted octanol–water partition coefficient (Wildman–Crippen LogP) is 3.09. The second-order valence-corrected chi connectivity index (χ2v) is 8.75. The van der Waals surface area contributed by atoms with Gasteiger partial charge in [0.25, 0.3) is 0 Å². The Morgan fingerprint density at radius 1 is 1.12 bits per heavy atom. The molecule has 0 unspecified atom stereocenters. The fourth-order valence-corrected chi connectivity index (χ4v) is 5.23. The van der Waals surface area contributed by atoms with Crippen molar-refractivity contribution in [2.45, 2.75) is 25.8 Å². The van der Waals surface area contributed by atoms with E-state index in [0.717, 1.165) is 16.4 Å². The van der Waals surface area contributed by atoms with Crippen LogP contribution in [-0.2, 0) is 19.1 Å². The van der Waals surface area contributed by atoms with Crippen LogP contribution in [0, 0.1) is 0 Å². The standard InChI is InChI=1S/C24H29N3O6S/c1-5-19-21(23(29)32-4)22(15-10-17(30-2)13-18(11-15)31-3)27-16(14-34-24(27)25-19)12-20(28)26-6-8-33-9-7-26/h10-11,13-14,22H,5-9,12H2,1-4H3/t22-/m1/s1. The summed E-state index contributed by atoms with van der Waals surface area (Å²) in [7, 11) is 4.53. The van der Waals surface area contributed by atoms with E-state index in [1.807, 2.05) is 34.3 Å². The molecule has 0 radical (unpaired) electrons. The van der Waals surface area contributed by atoms with Crippen LogP contribution in [0.15, 0.2) is 45.6 Å². The quantitative estimate of drug-likeness (QED) is 0.542. The van der Waals surface area contributed by atoms with Crippen LogP contribution < -0.4 is 9.47 Å². The lowest BCUT2D eigenvalue weighted by Gasteiger charge is -2.37. The number of aliphatic imine (C=N–C) groups is 1. The molecule has 3 aliphatic rings. The maximum Gasteiger partial charge on any atom is 0.338 e. The Morgan fingerprint density at radius 2 is 1.79 bits per heavy atom. The Labute approximate surface area is 203 Å². The monoisotopic (exact) mass is 487 g/mol. The van der Waals surface area contributed by atoms with Gasteiger partial charge in [-0.2, -0.15) is 0 Å². The highest BCUT2D eigenvalue weighted by molar-refractivity contribution is 8.16. The SMILES string of the molecule is CCC1=C(C(=O)OC)[C@@H](c2cc(OC)cc(OC)c2)N2C(CC(=O)N3CCOCC3)=CSC2=N1. The van der Waals surface area contributed by atoms with Crippen molar-refractivity contribution >= 4 is 28.8 Å². The normalized spacial score (nSPS) is 19.9.